The molecule has 0 bridgehead atoms. The number of benzene rings is 2. The van der Waals surface area contributed by atoms with Gasteiger partial charge in [-0.25, -0.2) is 5.43 Å². The van der Waals surface area contributed by atoms with Crippen molar-refractivity contribution in [2.75, 3.05) is 0 Å². The molecule has 0 aliphatic heterocycles. The minimum atomic E-state index is -4.70. The van der Waals surface area contributed by atoms with E-state index in [1.165, 1.54) is 30.3 Å². The number of carbonyl (C=O) groups is 1. The maximum atomic E-state index is 12.6. The molecule has 0 heterocycles. The van der Waals surface area contributed by atoms with Gasteiger partial charge in [0.05, 0.1) is 17.3 Å². The minimum absolute atomic E-state index is 0.0436. The van der Waals surface area contributed by atoms with E-state index < -0.39 is 23.4 Å². The molecule has 0 unspecified atom stereocenters. The SMILES string of the molecule is O=C(NN=Cc1cccc(C(F)(F)F)c1O)c1ccccc1O. The van der Waals surface area contributed by atoms with E-state index >= 15 is 0 Å². The molecule has 5 nitrogen and oxygen atoms in total. The van der Waals surface area contributed by atoms with Crippen molar-refractivity contribution in [2.24, 2.45) is 5.10 Å². The Hall–Kier alpha value is -3.03. The zero-order chi connectivity index (χ0) is 17.0. The van der Waals surface area contributed by atoms with Gasteiger partial charge in [0.25, 0.3) is 5.91 Å². The highest BCUT2D eigenvalue weighted by molar-refractivity contribution is 5.97. The highest BCUT2D eigenvalue weighted by atomic mass is 19.4. The minimum Gasteiger partial charge on any atom is -0.507 e. The lowest BCUT2D eigenvalue weighted by Crippen LogP contribution is -2.17. The fourth-order valence-electron chi connectivity index (χ4n) is 1.78. The van der Waals surface area contributed by atoms with Crippen molar-refractivity contribution >= 4 is 12.1 Å². The molecule has 0 aromatic heterocycles. The van der Waals surface area contributed by atoms with Crippen LogP contribution in [0.4, 0.5) is 13.2 Å². The number of phenols is 2. The first-order valence-corrected chi connectivity index (χ1v) is 6.31. The number of rotatable bonds is 3. The van der Waals surface area contributed by atoms with Crippen molar-refractivity contribution in [3.8, 4) is 11.5 Å². The summed E-state index contributed by atoms with van der Waals surface area (Å²) in [5.74, 6) is -1.99. The molecule has 23 heavy (non-hydrogen) atoms. The number of aromatic hydroxyl groups is 2. The van der Waals surface area contributed by atoms with Gasteiger partial charge >= 0.3 is 6.18 Å². The Morgan fingerprint density at radius 1 is 1.09 bits per heavy atom. The van der Waals surface area contributed by atoms with E-state index in [9.17, 15) is 28.2 Å². The first kappa shape index (κ1) is 16.3. The molecule has 0 aliphatic rings. The molecule has 0 spiro atoms. The van der Waals surface area contributed by atoms with Crippen molar-refractivity contribution in [1.29, 1.82) is 0 Å². The second-order valence-corrected chi connectivity index (χ2v) is 4.46. The summed E-state index contributed by atoms with van der Waals surface area (Å²) in [6, 6.07) is 8.74. The van der Waals surface area contributed by atoms with E-state index in [2.05, 4.69) is 10.5 Å². The van der Waals surface area contributed by atoms with Gasteiger partial charge in [0, 0.05) is 5.56 Å². The number of phenolic OH excluding ortho intramolecular Hbond substituents is 2. The number of carbonyl (C=O) groups excluding carboxylic acids is 1. The summed E-state index contributed by atoms with van der Waals surface area (Å²) in [7, 11) is 0. The molecule has 0 radical (unpaired) electrons. The summed E-state index contributed by atoms with van der Waals surface area (Å²) in [5.41, 5.74) is 0.597. The van der Waals surface area contributed by atoms with E-state index in [1.807, 2.05) is 0 Å². The van der Waals surface area contributed by atoms with Gasteiger partial charge in [0.15, 0.2) is 0 Å². The molecule has 8 heteroatoms. The monoisotopic (exact) mass is 324 g/mol. The predicted octanol–water partition coefficient (Wildman–Crippen LogP) is 2.88. The molecule has 1 amide bonds. The Bertz CT molecular complexity index is 758. The number of nitrogens with zero attached hydrogens (tertiary/aromatic N) is 1. The van der Waals surface area contributed by atoms with Gasteiger partial charge < -0.3 is 10.2 Å². The zero-order valence-corrected chi connectivity index (χ0v) is 11.5. The topological polar surface area (TPSA) is 81.9 Å². The zero-order valence-electron chi connectivity index (χ0n) is 11.5. The van der Waals surface area contributed by atoms with Gasteiger partial charge in [-0.1, -0.05) is 18.2 Å². The van der Waals surface area contributed by atoms with Crippen LogP contribution in [0.1, 0.15) is 21.5 Å². The Labute approximate surface area is 128 Å². The number of para-hydroxylation sites is 2. The van der Waals surface area contributed by atoms with Crippen LogP contribution in [-0.2, 0) is 6.18 Å². The van der Waals surface area contributed by atoms with Gasteiger partial charge in [-0.2, -0.15) is 18.3 Å². The van der Waals surface area contributed by atoms with Crippen LogP contribution in [0, 0.1) is 0 Å². The number of halogens is 3. The van der Waals surface area contributed by atoms with Crippen LogP contribution in [0.25, 0.3) is 0 Å². The Morgan fingerprint density at radius 3 is 2.43 bits per heavy atom. The van der Waals surface area contributed by atoms with E-state index in [0.29, 0.717) is 0 Å². The number of hydrogen-bond acceptors (Lipinski definition) is 4. The molecule has 2 rings (SSSR count). The lowest BCUT2D eigenvalue weighted by atomic mass is 10.1. The number of amides is 1. The van der Waals surface area contributed by atoms with Crippen molar-refractivity contribution in [3.05, 3.63) is 59.2 Å². The maximum absolute atomic E-state index is 12.6. The van der Waals surface area contributed by atoms with Gasteiger partial charge in [0.1, 0.15) is 11.5 Å². The van der Waals surface area contributed by atoms with Gasteiger partial charge in [-0.05, 0) is 24.3 Å². The predicted molar refractivity (Wildman–Crippen MR) is 76.3 cm³/mol. The van der Waals surface area contributed by atoms with E-state index in [4.69, 9.17) is 0 Å². The Balaban J connectivity index is 2.16. The van der Waals surface area contributed by atoms with Crippen LogP contribution in [-0.4, -0.2) is 22.3 Å². The third-order valence-electron chi connectivity index (χ3n) is 2.89. The highest BCUT2D eigenvalue weighted by Gasteiger charge is 2.34. The van der Waals surface area contributed by atoms with E-state index in [0.717, 1.165) is 18.3 Å². The van der Waals surface area contributed by atoms with Gasteiger partial charge in [-0.3, -0.25) is 4.79 Å². The lowest BCUT2D eigenvalue weighted by Gasteiger charge is -2.10. The molecule has 3 N–H and O–H groups in total. The molecule has 0 atom stereocenters. The molecule has 0 aliphatic carbocycles. The standard InChI is InChI=1S/C15H11F3N2O3/c16-15(17,18)11-6-3-4-9(13(11)22)8-19-20-14(23)10-5-1-2-7-12(10)21/h1-8,21-22H,(H,20,23). The van der Waals surface area contributed by atoms with Crippen LogP contribution in [0.3, 0.4) is 0 Å². The fraction of sp³-hybridized carbons (Fsp3) is 0.0667. The average Bonchev–Trinajstić information content (AvgIpc) is 2.48. The molecule has 0 saturated heterocycles. The third-order valence-corrected chi connectivity index (χ3v) is 2.89. The largest absolute Gasteiger partial charge is 0.507 e. The van der Waals surface area contributed by atoms with Gasteiger partial charge in [-0.15, -0.1) is 0 Å². The molecule has 2 aromatic carbocycles. The van der Waals surface area contributed by atoms with Crippen LogP contribution < -0.4 is 5.43 Å². The smallest absolute Gasteiger partial charge is 0.419 e. The first-order chi connectivity index (χ1) is 10.8. The number of alkyl halides is 3. The van der Waals surface area contributed by atoms with Crippen LogP contribution >= 0.6 is 0 Å². The molecule has 0 fully saturated rings. The van der Waals surface area contributed by atoms with Crippen LogP contribution in [0.5, 0.6) is 11.5 Å². The first-order valence-electron chi connectivity index (χ1n) is 6.31. The normalized spacial score (nSPS) is 11.6. The Morgan fingerprint density at radius 2 is 1.78 bits per heavy atom. The summed E-state index contributed by atoms with van der Waals surface area (Å²) in [5, 5.41) is 22.6. The Kier molecular flexibility index (Phi) is 4.54. The number of hydrogen-bond donors (Lipinski definition) is 3. The average molecular weight is 324 g/mol. The number of hydrazone groups is 1. The molecule has 120 valence electrons. The molecule has 0 saturated carbocycles. The fourth-order valence-corrected chi connectivity index (χ4v) is 1.78. The molecular formula is C15H11F3N2O3. The van der Waals surface area contributed by atoms with Crippen molar-refractivity contribution in [2.45, 2.75) is 6.18 Å². The maximum Gasteiger partial charge on any atom is 0.419 e. The second-order valence-electron chi connectivity index (χ2n) is 4.46. The summed E-state index contributed by atoms with van der Waals surface area (Å²) < 4.78 is 37.9. The summed E-state index contributed by atoms with van der Waals surface area (Å²) >= 11 is 0. The van der Waals surface area contributed by atoms with Crippen molar-refractivity contribution < 1.29 is 28.2 Å². The molecular weight excluding hydrogens is 313 g/mol. The quantitative estimate of drug-likeness (QED) is 0.600. The van der Waals surface area contributed by atoms with E-state index in [-0.39, 0.29) is 16.9 Å². The molecule has 2 aromatic rings. The second kappa shape index (κ2) is 6.39. The summed E-state index contributed by atoms with van der Waals surface area (Å²) in [6.07, 6.45) is -3.82. The summed E-state index contributed by atoms with van der Waals surface area (Å²) in [4.78, 5) is 11.7. The van der Waals surface area contributed by atoms with E-state index in [1.54, 1.807) is 0 Å². The van der Waals surface area contributed by atoms with Crippen LogP contribution in [0.2, 0.25) is 0 Å². The number of nitrogens with one attached hydrogen (secondary N) is 1. The van der Waals surface area contributed by atoms with Gasteiger partial charge in [0.2, 0.25) is 0 Å². The third kappa shape index (κ3) is 3.79. The van der Waals surface area contributed by atoms with Crippen molar-refractivity contribution in [3.63, 3.8) is 0 Å². The highest BCUT2D eigenvalue weighted by Crippen LogP contribution is 2.36. The van der Waals surface area contributed by atoms with Crippen LogP contribution in [0.15, 0.2) is 47.6 Å². The van der Waals surface area contributed by atoms with Crippen molar-refractivity contribution in [1.82, 2.24) is 5.43 Å². The lowest BCUT2D eigenvalue weighted by molar-refractivity contribution is -0.138. The summed E-state index contributed by atoms with van der Waals surface area (Å²) in [6.45, 7) is 0.